The molecule has 11 heteroatoms. The lowest BCUT2D eigenvalue weighted by atomic mass is 10.1. The molecule has 0 fully saturated rings. The van der Waals surface area contributed by atoms with Gasteiger partial charge in [0, 0.05) is 30.5 Å². The minimum atomic E-state index is -3.96. The maximum atomic E-state index is 14.4. The number of hydrogen-bond acceptors (Lipinski definition) is 7. The molecule has 1 aromatic carbocycles. The molecule has 0 spiro atoms. The molecule has 0 amide bonds. The van der Waals surface area contributed by atoms with Gasteiger partial charge in [0.25, 0.3) is 11.5 Å². The van der Waals surface area contributed by atoms with Gasteiger partial charge in [-0.3, -0.25) is 4.79 Å². The Bertz CT molecular complexity index is 1340. The summed E-state index contributed by atoms with van der Waals surface area (Å²) in [6.45, 7) is 1.42. The molecule has 0 bridgehead atoms. The Balaban J connectivity index is 2.10. The summed E-state index contributed by atoms with van der Waals surface area (Å²) in [6.07, 6.45) is 1.71. The molecule has 0 saturated heterocycles. The van der Waals surface area contributed by atoms with Crippen LogP contribution < -0.4 is 15.0 Å². The minimum absolute atomic E-state index is 0.0328. The van der Waals surface area contributed by atoms with Crippen molar-refractivity contribution in [1.29, 1.82) is 0 Å². The minimum Gasteiger partial charge on any atom is -0.493 e. The van der Waals surface area contributed by atoms with Gasteiger partial charge in [0.1, 0.15) is 5.69 Å². The summed E-state index contributed by atoms with van der Waals surface area (Å²) < 4.78 is 64.6. The van der Waals surface area contributed by atoms with Crippen LogP contribution in [0.15, 0.2) is 52.5 Å². The Labute approximate surface area is 189 Å². The zero-order chi connectivity index (χ0) is 24.4. The molecule has 0 unspecified atom stereocenters. The Hall–Kier alpha value is -3.34. The number of rotatable bonds is 8. The van der Waals surface area contributed by atoms with Gasteiger partial charge in [-0.15, -0.1) is 0 Å². The van der Waals surface area contributed by atoms with Crippen molar-refractivity contribution in [3.05, 3.63) is 64.2 Å². The Morgan fingerprint density at radius 2 is 1.73 bits per heavy atom. The molecule has 3 rings (SSSR count). The summed E-state index contributed by atoms with van der Waals surface area (Å²) in [5, 5.41) is -0.708. The Kier molecular flexibility index (Phi) is 6.82. The lowest BCUT2D eigenvalue weighted by molar-refractivity contribution is -0.0135. The summed E-state index contributed by atoms with van der Waals surface area (Å²) in [4.78, 5) is 20.0. The molecule has 2 heterocycles. The van der Waals surface area contributed by atoms with Crippen LogP contribution in [0.2, 0.25) is 0 Å². The van der Waals surface area contributed by atoms with Crippen molar-refractivity contribution < 1.29 is 26.7 Å². The molecule has 2 aromatic heterocycles. The van der Waals surface area contributed by atoms with Crippen LogP contribution in [0.5, 0.6) is 11.5 Å². The quantitative estimate of drug-likeness (QED) is 0.457. The number of pyridine rings is 1. The average molecular weight is 480 g/mol. The van der Waals surface area contributed by atoms with E-state index in [-0.39, 0.29) is 23.4 Å². The fourth-order valence-corrected chi connectivity index (χ4v) is 3.62. The van der Waals surface area contributed by atoms with Crippen LogP contribution in [0, 0.1) is 0 Å². The molecule has 0 N–H and O–H groups in total. The highest BCUT2D eigenvalue weighted by molar-refractivity contribution is 7.90. The van der Waals surface area contributed by atoms with Crippen LogP contribution in [0.25, 0.3) is 11.3 Å². The summed E-state index contributed by atoms with van der Waals surface area (Å²) >= 11 is 0. The van der Waals surface area contributed by atoms with Crippen molar-refractivity contribution in [2.45, 2.75) is 31.0 Å². The largest absolute Gasteiger partial charge is 0.493 e. The van der Waals surface area contributed by atoms with E-state index in [0.29, 0.717) is 11.5 Å². The molecular weight excluding hydrogens is 456 g/mol. The van der Waals surface area contributed by atoms with Crippen molar-refractivity contribution in [3.63, 3.8) is 0 Å². The average Bonchev–Trinajstić information content (AvgIpc) is 2.79. The maximum Gasteiger partial charge on any atom is 0.289 e. The highest BCUT2D eigenvalue weighted by Gasteiger charge is 2.33. The van der Waals surface area contributed by atoms with Crippen molar-refractivity contribution >= 4 is 9.84 Å². The number of hydrogen-bond donors (Lipinski definition) is 0. The zero-order valence-electron chi connectivity index (χ0n) is 18.5. The second kappa shape index (κ2) is 9.26. The number of halogens is 2. The predicted octanol–water partition coefficient (Wildman–Crippen LogP) is 3.28. The number of alkyl halides is 2. The molecule has 0 atom stereocenters. The highest BCUT2D eigenvalue weighted by atomic mass is 32.2. The molecule has 8 nitrogen and oxygen atoms in total. The summed E-state index contributed by atoms with van der Waals surface area (Å²) in [5.41, 5.74) is -0.0622. The Morgan fingerprint density at radius 3 is 2.33 bits per heavy atom. The van der Waals surface area contributed by atoms with Gasteiger partial charge in [-0.25, -0.2) is 18.4 Å². The molecule has 0 radical (unpaired) electrons. The van der Waals surface area contributed by atoms with E-state index in [1.807, 2.05) is 0 Å². The lowest BCUT2D eigenvalue weighted by Gasteiger charge is -2.16. The van der Waals surface area contributed by atoms with Crippen LogP contribution >= 0.6 is 0 Å². The first-order valence-electron chi connectivity index (χ1n) is 9.87. The first-order chi connectivity index (χ1) is 15.5. The monoisotopic (exact) mass is 479 g/mol. The van der Waals surface area contributed by atoms with Gasteiger partial charge in [0.15, 0.2) is 11.5 Å². The molecule has 0 aliphatic rings. The summed E-state index contributed by atoms with van der Waals surface area (Å²) in [6, 6.07) is 8.87. The van der Waals surface area contributed by atoms with Crippen LogP contribution in [0.4, 0.5) is 8.78 Å². The number of benzene rings is 1. The number of sulfone groups is 1. The summed E-state index contributed by atoms with van der Waals surface area (Å²) in [5.74, 6) is -2.33. The molecule has 3 aromatic rings. The lowest BCUT2D eigenvalue weighted by Crippen LogP contribution is -2.20. The third kappa shape index (κ3) is 5.36. The van der Waals surface area contributed by atoms with E-state index < -0.39 is 33.0 Å². The van der Waals surface area contributed by atoms with Crippen molar-refractivity contribution in [1.82, 2.24) is 14.5 Å². The number of ether oxygens (including phenoxy) is 2. The molecule has 0 aliphatic heterocycles. The van der Waals surface area contributed by atoms with E-state index in [4.69, 9.17) is 9.47 Å². The van der Waals surface area contributed by atoms with E-state index in [0.717, 1.165) is 17.9 Å². The number of methoxy groups -OCH3 is 2. The van der Waals surface area contributed by atoms with Crippen molar-refractivity contribution in [3.8, 4) is 22.8 Å². The van der Waals surface area contributed by atoms with Crippen molar-refractivity contribution in [2.24, 2.45) is 0 Å². The fraction of sp³-hybridized carbons (Fsp3) is 0.318. The normalized spacial score (nSPS) is 11.9. The van der Waals surface area contributed by atoms with Gasteiger partial charge in [0.05, 0.1) is 26.5 Å². The zero-order valence-corrected chi connectivity index (χ0v) is 19.3. The predicted molar refractivity (Wildman–Crippen MR) is 118 cm³/mol. The van der Waals surface area contributed by atoms with E-state index >= 15 is 0 Å². The van der Waals surface area contributed by atoms with Gasteiger partial charge in [-0.05, 0) is 29.8 Å². The van der Waals surface area contributed by atoms with Crippen molar-refractivity contribution in [2.75, 3.05) is 20.5 Å². The highest BCUT2D eigenvalue weighted by Crippen LogP contribution is 2.32. The van der Waals surface area contributed by atoms with Gasteiger partial charge in [0.2, 0.25) is 15.0 Å². The number of aromatic nitrogens is 3. The van der Waals surface area contributed by atoms with Gasteiger partial charge in [-0.1, -0.05) is 13.0 Å². The van der Waals surface area contributed by atoms with E-state index in [2.05, 4.69) is 9.97 Å². The third-order valence-electron chi connectivity index (χ3n) is 4.94. The van der Waals surface area contributed by atoms with E-state index in [9.17, 15) is 22.0 Å². The first-order valence-corrected chi connectivity index (χ1v) is 11.8. The number of nitrogens with zero attached hydrogens (tertiary/aromatic N) is 3. The van der Waals surface area contributed by atoms with Gasteiger partial charge < -0.3 is 14.0 Å². The molecule has 0 saturated carbocycles. The molecule has 33 heavy (non-hydrogen) atoms. The fourth-order valence-electron chi connectivity index (χ4n) is 3.09. The second-order valence-corrected chi connectivity index (χ2v) is 9.23. The van der Waals surface area contributed by atoms with Crippen LogP contribution in [0.1, 0.15) is 24.6 Å². The van der Waals surface area contributed by atoms with Crippen LogP contribution in [0.3, 0.4) is 0 Å². The standard InChI is InChI=1S/C22H23F2N3O5S/c1-5-22(23,24)19-11-16(25-21(26-19)33(4,29)30)15-7-9-20(28)27(13-15)12-14-6-8-17(31-2)18(10-14)32-3/h6-11,13H,5,12H2,1-4H3. The SMILES string of the molecule is CCC(F)(F)c1cc(-c2ccc(=O)n(Cc3ccc(OC)c(OC)c3)c2)nc(S(C)(=O)=O)n1. The maximum absolute atomic E-state index is 14.4. The third-order valence-corrected chi connectivity index (χ3v) is 5.78. The van der Waals surface area contributed by atoms with E-state index in [1.54, 1.807) is 18.2 Å². The molecular formula is C22H23F2N3O5S. The topological polar surface area (TPSA) is 100 Å². The first kappa shape index (κ1) is 24.3. The van der Waals surface area contributed by atoms with Gasteiger partial charge >= 0.3 is 0 Å². The van der Waals surface area contributed by atoms with Gasteiger partial charge in [-0.2, -0.15) is 8.78 Å². The Morgan fingerprint density at radius 1 is 1.03 bits per heavy atom. The second-order valence-electron chi connectivity index (χ2n) is 7.32. The molecule has 0 aliphatic carbocycles. The molecule has 176 valence electrons. The van der Waals surface area contributed by atoms with E-state index in [1.165, 1.54) is 44.0 Å². The van der Waals surface area contributed by atoms with Crippen LogP contribution in [-0.2, 0) is 22.3 Å². The summed E-state index contributed by atoms with van der Waals surface area (Å²) in [7, 11) is -0.954. The van der Waals surface area contributed by atoms with Crippen LogP contribution in [-0.4, -0.2) is 43.4 Å². The smallest absolute Gasteiger partial charge is 0.289 e.